The minimum absolute atomic E-state index is 0. The Labute approximate surface area is 243 Å². The fourth-order valence-corrected chi connectivity index (χ4v) is 5.54. The number of hydrogen-bond donors (Lipinski definition) is 4. The maximum absolute atomic E-state index is 12.6. The highest BCUT2D eigenvalue weighted by atomic mass is 16.3. The van der Waals surface area contributed by atoms with E-state index >= 15 is 0 Å². The first-order valence-corrected chi connectivity index (χ1v) is 17.1. The second kappa shape index (κ2) is 32.0. The molecule has 0 spiro atoms. The summed E-state index contributed by atoms with van der Waals surface area (Å²) in [6.45, 7) is 4.13. The summed E-state index contributed by atoms with van der Waals surface area (Å²) in [6.07, 6.45) is 30.6. The zero-order valence-electron chi connectivity index (χ0n) is 26.5. The zero-order valence-corrected chi connectivity index (χ0v) is 26.5. The summed E-state index contributed by atoms with van der Waals surface area (Å²) in [5.41, 5.74) is 0. The quantitative estimate of drug-likeness (QED) is 0.0634. The van der Waals surface area contributed by atoms with E-state index in [1.54, 1.807) is 0 Å². The lowest BCUT2D eigenvalue weighted by Crippen LogP contribution is -2.38. The van der Waals surface area contributed by atoms with Gasteiger partial charge in [0.15, 0.2) is 5.78 Å². The Hall–Kier alpha value is -0.490. The monoisotopic (exact) mass is 558 g/mol. The second-order valence-corrected chi connectivity index (χ2v) is 12.0. The van der Waals surface area contributed by atoms with Gasteiger partial charge in [-0.1, -0.05) is 174 Å². The molecular weight excluding hydrogens is 486 g/mol. The van der Waals surface area contributed by atoms with Crippen molar-refractivity contribution in [2.45, 2.75) is 199 Å². The van der Waals surface area contributed by atoms with Crippen molar-refractivity contribution in [1.29, 1.82) is 0 Å². The molecule has 0 saturated heterocycles. The van der Waals surface area contributed by atoms with Crippen molar-refractivity contribution in [2.75, 3.05) is 6.61 Å². The third-order valence-corrected chi connectivity index (χ3v) is 8.29. The lowest BCUT2D eigenvalue weighted by molar-refractivity contribution is -0.137. The van der Waals surface area contributed by atoms with Crippen LogP contribution >= 0.6 is 0 Å². The fourth-order valence-electron chi connectivity index (χ4n) is 5.54. The number of unbranched alkanes of at least 4 members (excludes halogenated alkanes) is 23. The Bertz CT molecular complexity index is 488. The fraction of sp³-hybridized carbons (Fsp3) is 0.971. The predicted molar refractivity (Wildman–Crippen MR) is 169 cm³/mol. The molecule has 39 heavy (non-hydrogen) atoms. The highest BCUT2D eigenvalue weighted by Crippen LogP contribution is 2.19. The van der Waals surface area contributed by atoms with E-state index in [-0.39, 0.29) is 18.5 Å². The summed E-state index contributed by atoms with van der Waals surface area (Å²) in [6, 6.07) is 0. The number of carbonyl (C=O) groups excluding carboxylic acids is 1. The first-order chi connectivity index (χ1) is 18.6. The van der Waals surface area contributed by atoms with Crippen molar-refractivity contribution < 1.29 is 20.1 Å². The molecule has 0 saturated carbocycles. The summed E-state index contributed by atoms with van der Waals surface area (Å²) >= 11 is 0. The van der Waals surface area contributed by atoms with E-state index in [1.165, 1.54) is 128 Å². The molecule has 0 aliphatic carbocycles. The Morgan fingerprint density at radius 1 is 0.487 bits per heavy atom. The van der Waals surface area contributed by atoms with Gasteiger partial charge in [-0.05, 0) is 12.8 Å². The predicted octanol–water partition coefficient (Wildman–Crippen LogP) is 9.62. The van der Waals surface area contributed by atoms with Gasteiger partial charge in [-0.15, -0.1) is 0 Å². The van der Waals surface area contributed by atoms with Crippen LogP contribution in [0.4, 0.5) is 0 Å². The van der Waals surface area contributed by atoms with E-state index in [4.69, 9.17) is 0 Å². The first-order valence-electron chi connectivity index (χ1n) is 17.1. The molecule has 0 radical (unpaired) electrons. The summed E-state index contributed by atoms with van der Waals surface area (Å²) in [5, 5.41) is 30.5. The van der Waals surface area contributed by atoms with Gasteiger partial charge in [0, 0.05) is 0 Å². The smallest absolute Gasteiger partial charge is 0.169 e. The average Bonchev–Trinajstić information content (AvgIpc) is 2.92. The highest BCUT2D eigenvalue weighted by Gasteiger charge is 2.30. The van der Waals surface area contributed by atoms with Gasteiger partial charge in [-0.2, -0.15) is 0 Å². The topological polar surface area (TPSA) is 113 Å². The van der Waals surface area contributed by atoms with Gasteiger partial charge < -0.3 is 21.5 Å². The lowest BCUT2D eigenvalue weighted by Gasteiger charge is -2.22. The van der Waals surface area contributed by atoms with Gasteiger partial charge in [0.05, 0.1) is 18.6 Å². The van der Waals surface area contributed by atoms with Crippen molar-refractivity contribution in [3.05, 3.63) is 0 Å². The van der Waals surface area contributed by atoms with E-state index in [1.807, 2.05) is 0 Å². The molecule has 0 rings (SSSR count). The molecule has 5 heteroatoms. The number of aliphatic hydroxyl groups excluding tert-OH is 3. The molecule has 236 valence electrons. The van der Waals surface area contributed by atoms with Gasteiger partial charge >= 0.3 is 0 Å². The van der Waals surface area contributed by atoms with Crippen molar-refractivity contribution in [3.8, 4) is 0 Å². The van der Waals surface area contributed by atoms with Crippen LogP contribution in [-0.2, 0) is 4.79 Å². The molecule has 0 amide bonds. The third kappa shape index (κ3) is 26.2. The summed E-state index contributed by atoms with van der Waals surface area (Å²) in [4.78, 5) is 12.6. The van der Waals surface area contributed by atoms with Gasteiger partial charge in [0.2, 0.25) is 0 Å². The number of aliphatic hydroxyl groups is 3. The Kier molecular flexibility index (Phi) is 33.4. The standard InChI is InChI=1S/C34H68O4.H3N/c1-3-5-7-9-11-13-15-17-19-20-22-24-26-28-32(36)31(30-35)34(38)33(37)29-27-25-23-21-18-16-14-12-10-8-6-4-2;/h31-33,35-37H,3-30H2,1-2H3;1H3. The highest BCUT2D eigenvalue weighted by molar-refractivity contribution is 5.85. The molecule has 0 heterocycles. The Morgan fingerprint density at radius 2 is 0.769 bits per heavy atom. The Morgan fingerprint density at radius 3 is 1.08 bits per heavy atom. The molecule has 0 bridgehead atoms. The minimum atomic E-state index is -1.06. The van der Waals surface area contributed by atoms with Gasteiger partial charge in [0.1, 0.15) is 6.10 Å². The number of hydrogen-bond acceptors (Lipinski definition) is 5. The van der Waals surface area contributed by atoms with Crippen LogP contribution in [0.2, 0.25) is 0 Å². The lowest BCUT2D eigenvalue weighted by atomic mass is 9.89. The molecule has 0 aliphatic heterocycles. The SMILES string of the molecule is CCCCCCCCCCCCCCCC(O)C(CO)C(=O)C(O)CCCCCCCCCCCCCC.N. The first kappa shape index (κ1) is 40.6. The van der Waals surface area contributed by atoms with Gasteiger partial charge in [0.25, 0.3) is 0 Å². The minimum Gasteiger partial charge on any atom is -0.396 e. The maximum Gasteiger partial charge on any atom is 0.169 e. The molecule has 0 aromatic heterocycles. The largest absolute Gasteiger partial charge is 0.396 e. The second-order valence-electron chi connectivity index (χ2n) is 12.0. The molecule has 5 nitrogen and oxygen atoms in total. The Balaban J connectivity index is 0. The number of carbonyl (C=O) groups is 1. The van der Waals surface area contributed by atoms with E-state index in [0.29, 0.717) is 12.8 Å². The molecule has 3 atom stereocenters. The molecule has 0 aromatic carbocycles. The van der Waals surface area contributed by atoms with Crippen LogP contribution in [0, 0.1) is 5.92 Å². The summed E-state index contributed by atoms with van der Waals surface area (Å²) in [5.74, 6) is -1.22. The molecule has 6 N–H and O–H groups in total. The molecule has 0 aliphatic rings. The zero-order chi connectivity index (χ0) is 28.1. The van der Waals surface area contributed by atoms with Crippen molar-refractivity contribution in [1.82, 2.24) is 6.15 Å². The van der Waals surface area contributed by atoms with Crippen LogP contribution in [0.1, 0.15) is 187 Å². The van der Waals surface area contributed by atoms with Crippen LogP contribution in [0.25, 0.3) is 0 Å². The molecule has 0 fully saturated rings. The van der Waals surface area contributed by atoms with E-state index in [2.05, 4.69) is 13.8 Å². The van der Waals surface area contributed by atoms with Crippen LogP contribution in [-0.4, -0.2) is 39.9 Å². The summed E-state index contributed by atoms with van der Waals surface area (Å²) < 4.78 is 0. The van der Waals surface area contributed by atoms with Gasteiger partial charge in [-0.3, -0.25) is 4.79 Å². The van der Waals surface area contributed by atoms with Crippen LogP contribution in [0.15, 0.2) is 0 Å². The van der Waals surface area contributed by atoms with Crippen molar-refractivity contribution in [2.24, 2.45) is 5.92 Å². The van der Waals surface area contributed by atoms with Crippen molar-refractivity contribution in [3.63, 3.8) is 0 Å². The molecular formula is C34H71NO4. The van der Waals surface area contributed by atoms with Crippen LogP contribution in [0.5, 0.6) is 0 Å². The maximum atomic E-state index is 12.6. The van der Waals surface area contributed by atoms with Crippen LogP contribution < -0.4 is 6.15 Å². The number of Topliss-reactive ketones (excluding diaryl/α,β-unsaturated/α-hetero) is 1. The normalized spacial score (nSPS) is 13.7. The summed E-state index contributed by atoms with van der Waals surface area (Å²) in [7, 11) is 0. The molecule has 0 aromatic rings. The van der Waals surface area contributed by atoms with E-state index < -0.39 is 18.1 Å². The average molecular weight is 558 g/mol. The van der Waals surface area contributed by atoms with E-state index in [9.17, 15) is 20.1 Å². The van der Waals surface area contributed by atoms with Gasteiger partial charge in [-0.25, -0.2) is 0 Å². The molecule has 3 unspecified atom stereocenters. The van der Waals surface area contributed by atoms with Crippen LogP contribution in [0.3, 0.4) is 0 Å². The third-order valence-electron chi connectivity index (χ3n) is 8.29. The number of ketones is 1. The van der Waals surface area contributed by atoms with E-state index in [0.717, 1.165) is 32.1 Å². The van der Waals surface area contributed by atoms with Crippen molar-refractivity contribution >= 4 is 5.78 Å². The number of rotatable bonds is 31.